The highest BCUT2D eigenvalue weighted by Gasteiger charge is 2.47. The van der Waals surface area contributed by atoms with E-state index in [0.717, 1.165) is 19.1 Å². The molecule has 0 aromatic heterocycles. The van der Waals surface area contributed by atoms with Gasteiger partial charge in [0.2, 0.25) is 0 Å². The van der Waals surface area contributed by atoms with Crippen LogP contribution in [0.25, 0.3) is 0 Å². The van der Waals surface area contributed by atoms with Crippen molar-refractivity contribution in [3.05, 3.63) is 0 Å². The third kappa shape index (κ3) is 3.46. The summed E-state index contributed by atoms with van der Waals surface area (Å²) in [6, 6.07) is 0. The molecule has 3 rings (SSSR count). The van der Waals surface area contributed by atoms with E-state index in [-0.39, 0.29) is 11.2 Å². The van der Waals surface area contributed by atoms with Gasteiger partial charge in [0.25, 0.3) is 0 Å². The molecule has 96 valence electrons. The molecule has 1 aliphatic carbocycles. The molecule has 1 saturated carbocycles. The average molecular weight is 228 g/mol. The van der Waals surface area contributed by atoms with Crippen LogP contribution in [0.5, 0.6) is 0 Å². The van der Waals surface area contributed by atoms with Crippen LogP contribution >= 0.6 is 0 Å². The molecule has 2 saturated heterocycles. The van der Waals surface area contributed by atoms with Gasteiger partial charge in [0.15, 0.2) is 0 Å². The Morgan fingerprint density at radius 2 is 1.56 bits per heavy atom. The van der Waals surface area contributed by atoms with Crippen molar-refractivity contribution >= 4 is 0 Å². The van der Waals surface area contributed by atoms with E-state index in [1.54, 1.807) is 0 Å². The van der Waals surface area contributed by atoms with E-state index in [1.807, 2.05) is 13.8 Å². The standard InChI is InChI=1S/C10H18O.C4H10O/c1-9(2)8-4-6-10(3,11-9)7-5-8;1-3-5-4-2/h8H,4-7H2,1-3H3;3-4H2,1-2H3. The second-order valence-electron chi connectivity index (χ2n) is 5.71. The predicted molar refractivity (Wildman–Crippen MR) is 67.7 cm³/mol. The SMILES string of the molecule is CC12CCC(CC1)C(C)(C)O2.CCOCC. The summed E-state index contributed by atoms with van der Waals surface area (Å²) in [5.41, 5.74) is 0.378. The van der Waals surface area contributed by atoms with Crippen molar-refractivity contribution in [1.29, 1.82) is 0 Å². The summed E-state index contributed by atoms with van der Waals surface area (Å²) >= 11 is 0. The smallest absolute Gasteiger partial charge is 0.0662 e. The molecule has 0 aromatic rings. The van der Waals surface area contributed by atoms with Crippen molar-refractivity contribution in [3.63, 3.8) is 0 Å². The van der Waals surface area contributed by atoms with Crippen LogP contribution in [0.4, 0.5) is 0 Å². The number of ether oxygens (including phenoxy) is 2. The molecule has 2 heteroatoms. The van der Waals surface area contributed by atoms with Crippen LogP contribution in [-0.2, 0) is 9.47 Å². The summed E-state index contributed by atoms with van der Waals surface area (Å²) in [5.74, 6) is 0.823. The number of hydrogen-bond acceptors (Lipinski definition) is 2. The molecule has 0 aromatic carbocycles. The third-order valence-electron chi connectivity index (χ3n) is 3.94. The van der Waals surface area contributed by atoms with Crippen LogP contribution in [0.3, 0.4) is 0 Å². The summed E-state index contributed by atoms with van der Waals surface area (Å²) in [7, 11) is 0. The monoisotopic (exact) mass is 228 g/mol. The number of fused-ring (bicyclic) bond motifs is 3. The molecule has 0 spiro atoms. The van der Waals surface area contributed by atoms with Crippen molar-refractivity contribution < 1.29 is 9.47 Å². The summed E-state index contributed by atoms with van der Waals surface area (Å²) in [5, 5.41) is 0. The maximum atomic E-state index is 6.06. The molecular formula is C14H28O2. The minimum atomic E-state index is 0.158. The third-order valence-corrected chi connectivity index (χ3v) is 3.94. The quantitative estimate of drug-likeness (QED) is 0.716. The van der Waals surface area contributed by atoms with Crippen LogP contribution in [0.15, 0.2) is 0 Å². The van der Waals surface area contributed by atoms with E-state index < -0.39 is 0 Å². The Morgan fingerprint density at radius 3 is 1.75 bits per heavy atom. The maximum Gasteiger partial charge on any atom is 0.0662 e. The van der Waals surface area contributed by atoms with E-state index >= 15 is 0 Å². The van der Waals surface area contributed by atoms with Gasteiger partial charge in [-0.05, 0) is 66.2 Å². The Labute approximate surface area is 101 Å². The molecular weight excluding hydrogens is 200 g/mol. The molecule has 16 heavy (non-hydrogen) atoms. The van der Waals surface area contributed by atoms with Crippen molar-refractivity contribution in [2.24, 2.45) is 5.92 Å². The summed E-state index contributed by atoms with van der Waals surface area (Å²) in [6.07, 6.45) is 5.31. The Bertz CT molecular complexity index is 198. The molecule has 2 nitrogen and oxygen atoms in total. The minimum absolute atomic E-state index is 0.158. The second-order valence-corrected chi connectivity index (χ2v) is 5.71. The molecule has 2 bridgehead atoms. The topological polar surface area (TPSA) is 18.5 Å². The zero-order valence-corrected chi connectivity index (χ0v) is 11.6. The first-order chi connectivity index (χ1) is 7.43. The second kappa shape index (κ2) is 5.50. The average Bonchev–Trinajstić information content (AvgIpc) is 2.18. The lowest BCUT2D eigenvalue weighted by molar-refractivity contribution is -0.229. The maximum absolute atomic E-state index is 6.06. The lowest BCUT2D eigenvalue weighted by Gasteiger charge is -2.54. The molecule has 3 aliphatic rings. The summed E-state index contributed by atoms with van der Waals surface area (Å²) in [6.45, 7) is 12.4. The Morgan fingerprint density at radius 1 is 1.06 bits per heavy atom. The fourth-order valence-electron chi connectivity index (χ4n) is 2.95. The Hall–Kier alpha value is -0.0800. The zero-order valence-electron chi connectivity index (χ0n) is 11.6. The van der Waals surface area contributed by atoms with Gasteiger partial charge >= 0.3 is 0 Å². The molecule has 0 radical (unpaired) electrons. The Balaban J connectivity index is 0.000000221. The van der Waals surface area contributed by atoms with Crippen LogP contribution in [-0.4, -0.2) is 24.4 Å². The molecule has 0 atom stereocenters. The minimum Gasteiger partial charge on any atom is -0.382 e. The van der Waals surface area contributed by atoms with Gasteiger partial charge in [-0.2, -0.15) is 0 Å². The predicted octanol–water partition coefficient (Wildman–Crippen LogP) is 3.79. The zero-order chi connectivity index (χ0) is 12.2. The van der Waals surface area contributed by atoms with E-state index in [4.69, 9.17) is 9.47 Å². The molecule has 0 unspecified atom stereocenters. The lowest BCUT2D eigenvalue weighted by Crippen LogP contribution is -2.53. The van der Waals surface area contributed by atoms with Crippen molar-refractivity contribution in [3.8, 4) is 0 Å². The van der Waals surface area contributed by atoms with E-state index in [0.29, 0.717) is 0 Å². The largest absolute Gasteiger partial charge is 0.382 e. The Kier molecular flexibility index (Phi) is 4.81. The van der Waals surface area contributed by atoms with Gasteiger partial charge in [-0.3, -0.25) is 0 Å². The fourth-order valence-corrected chi connectivity index (χ4v) is 2.95. The van der Waals surface area contributed by atoms with Crippen LogP contribution in [0, 0.1) is 5.92 Å². The van der Waals surface area contributed by atoms with Gasteiger partial charge in [-0.15, -0.1) is 0 Å². The first-order valence-electron chi connectivity index (χ1n) is 6.71. The highest BCUT2D eigenvalue weighted by Crippen LogP contribution is 2.49. The van der Waals surface area contributed by atoms with Crippen LogP contribution in [0.2, 0.25) is 0 Å². The number of hydrogen-bond donors (Lipinski definition) is 0. The fraction of sp³-hybridized carbons (Fsp3) is 1.00. The van der Waals surface area contributed by atoms with E-state index in [9.17, 15) is 0 Å². The highest BCUT2D eigenvalue weighted by molar-refractivity contribution is 4.97. The van der Waals surface area contributed by atoms with Crippen molar-refractivity contribution in [2.75, 3.05) is 13.2 Å². The van der Waals surface area contributed by atoms with Crippen LogP contribution in [0.1, 0.15) is 60.3 Å². The van der Waals surface area contributed by atoms with Gasteiger partial charge in [-0.1, -0.05) is 0 Å². The first-order valence-corrected chi connectivity index (χ1v) is 6.71. The van der Waals surface area contributed by atoms with Gasteiger partial charge < -0.3 is 9.47 Å². The van der Waals surface area contributed by atoms with Gasteiger partial charge in [0.05, 0.1) is 11.2 Å². The summed E-state index contributed by atoms with van der Waals surface area (Å²) in [4.78, 5) is 0. The van der Waals surface area contributed by atoms with E-state index in [2.05, 4.69) is 20.8 Å². The van der Waals surface area contributed by atoms with Gasteiger partial charge in [0.1, 0.15) is 0 Å². The normalized spacial score (nSPS) is 35.4. The number of rotatable bonds is 2. The molecule has 2 aliphatic heterocycles. The van der Waals surface area contributed by atoms with Gasteiger partial charge in [0, 0.05) is 13.2 Å². The van der Waals surface area contributed by atoms with Crippen LogP contribution < -0.4 is 0 Å². The van der Waals surface area contributed by atoms with E-state index in [1.165, 1.54) is 25.7 Å². The lowest BCUT2D eigenvalue weighted by atomic mass is 9.69. The first kappa shape index (κ1) is 14.0. The molecule has 0 N–H and O–H groups in total. The summed E-state index contributed by atoms with van der Waals surface area (Å²) < 4.78 is 10.9. The molecule has 3 fully saturated rings. The molecule has 2 heterocycles. The molecule has 0 amide bonds. The van der Waals surface area contributed by atoms with Crippen molar-refractivity contribution in [2.45, 2.75) is 71.5 Å². The highest BCUT2D eigenvalue weighted by atomic mass is 16.5. The van der Waals surface area contributed by atoms with Crippen molar-refractivity contribution in [1.82, 2.24) is 0 Å². The van der Waals surface area contributed by atoms with Gasteiger partial charge in [-0.25, -0.2) is 0 Å².